The summed E-state index contributed by atoms with van der Waals surface area (Å²) >= 11 is 0. The van der Waals surface area contributed by atoms with Gasteiger partial charge in [-0.2, -0.15) is 0 Å². The average Bonchev–Trinajstić information content (AvgIpc) is 2.85. The zero-order valence-electron chi connectivity index (χ0n) is 23.4. The summed E-state index contributed by atoms with van der Waals surface area (Å²) in [6.45, 7) is 8.42. The van der Waals surface area contributed by atoms with Crippen molar-refractivity contribution in [1.82, 2.24) is 0 Å². The van der Waals surface area contributed by atoms with Crippen LogP contribution in [0.2, 0.25) is 0 Å². The first-order chi connectivity index (χ1) is 18.1. The van der Waals surface area contributed by atoms with Gasteiger partial charge in [-0.05, 0) is 114 Å². The van der Waals surface area contributed by atoms with Crippen molar-refractivity contribution in [1.29, 1.82) is 0 Å². The van der Waals surface area contributed by atoms with Crippen molar-refractivity contribution >= 4 is 12.2 Å². The zero-order valence-corrected chi connectivity index (χ0v) is 23.4. The number of allylic oxidation sites excluding steroid dienone is 4. The summed E-state index contributed by atoms with van der Waals surface area (Å²) in [5.41, 5.74) is 5.53. The van der Waals surface area contributed by atoms with Gasteiger partial charge < -0.3 is 24.8 Å². The van der Waals surface area contributed by atoms with Crippen molar-refractivity contribution in [2.75, 3.05) is 7.11 Å². The first-order valence-electron chi connectivity index (χ1n) is 13.7. The van der Waals surface area contributed by atoms with Crippen molar-refractivity contribution in [2.24, 2.45) is 5.92 Å². The van der Waals surface area contributed by atoms with Crippen LogP contribution in [0, 0.1) is 5.92 Å². The lowest BCUT2D eigenvalue weighted by Gasteiger charge is -2.47. The first kappa shape index (κ1) is 27.8. The van der Waals surface area contributed by atoms with Crippen molar-refractivity contribution in [3.63, 3.8) is 0 Å². The Labute approximate surface area is 227 Å². The van der Waals surface area contributed by atoms with Gasteiger partial charge in [0.15, 0.2) is 11.5 Å². The fraction of sp³-hybridized carbons (Fsp3) is 0.455. The second-order valence-corrected chi connectivity index (χ2v) is 11.4. The fourth-order valence-electron chi connectivity index (χ4n) is 5.61. The van der Waals surface area contributed by atoms with Crippen molar-refractivity contribution in [3.8, 4) is 23.0 Å². The van der Waals surface area contributed by atoms with Crippen molar-refractivity contribution in [3.05, 3.63) is 69.8 Å². The van der Waals surface area contributed by atoms with Gasteiger partial charge in [-0.3, -0.25) is 0 Å². The molecule has 0 bridgehead atoms. The van der Waals surface area contributed by atoms with E-state index in [0.29, 0.717) is 23.3 Å². The Morgan fingerprint density at radius 1 is 1.05 bits per heavy atom. The normalized spacial score (nSPS) is 22.9. The third-order valence-electron chi connectivity index (χ3n) is 8.01. The summed E-state index contributed by atoms with van der Waals surface area (Å²) in [6.07, 6.45) is 13.5. The molecule has 0 aromatic heterocycles. The van der Waals surface area contributed by atoms with Gasteiger partial charge >= 0.3 is 0 Å². The minimum absolute atomic E-state index is 0.0876. The van der Waals surface area contributed by atoms with Crippen LogP contribution < -0.4 is 9.47 Å². The molecule has 3 atom stereocenters. The molecule has 0 unspecified atom stereocenters. The maximum absolute atomic E-state index is 10.6. The van der Waals surface area contributed by atoms with Gasteiger partial charge in [0.2, 0.25) is 0 Å². The highest BCUT2D eigenvalue weighted by Crippen LogP contribution is 2.48. The summed E-state index contributed by atoms with van der Waals surface area (Å²) in [5.74, 6) is 1.92. The highest BCUT2D eigenvalue weighted by Gasteiger charge is 2.45. The molecule has 1 heterocycles. The van der Waals surface area contributed by atoms with Gasteiger partial charge in [0.05, 0.1) is 13.2 Å². The number of phenols is 2. The number of methoxy groups -OCH3 is 1. The van der Waals surface area contributed by atoms with Crippen LogP contribution in [0.4, 0.5) is 0 Å². The average molecular weight is 519 g/mol. The molecule has 2 aliphatic rings. The third kappa shape index (κ3) is 6.44. The van der Waals surface area contributed by atoms with Crippen LogP contribution in [0.5, 0.6) is 23.0 Å². The molecule has 2 aromatic carbocycles. The Kier molecular flexibility index (Phi) is 8.57. The molecule has 38 heavy (non-hydrogen) atoms. The molecule has 5 heteroatoms. The van der Waals surface area contributed by atoms with Crippen LogP contribution in [-0.2, 0) is 12.8 Å². The number of hydrogen-bond donors (Lipinski definition) is 3. The number of benzene rings is 2. The van der Waals surface area contributed by atoms with Gasteiger partial charge in [-0.1, -0.05) is 35.5 Å². The van der Waals surface area contributed by atoms with E-state index in [0.717, 1.165) is 55.4 Å². The van der Waals surface area contributed by atoms with Crippen LogP contribution in [0.3, 0.4) is 0 Å². The van der Waals surface area contributed by atoms with E-state index in [1.54, 1.807) is 19.2 Å². The van der Waals surface area contributed by atoms with E-state index >= 15 is 0 Å². The second-order valence-electron chi connectivity index (χ2n) is 11.4. The van der Waals surface area contributed by atoms with Gasteiger partial charge in [0.1, 0.15) is 17.1 Å². The van der Waals surface area contributed by atoms with Gasteiger partial charge in [0.25, 0.3) is 0 Å². The van der Waals surface area contributed by atoms with Crippen LogP contribution in [0.1, 0.15) is 82.1 Å². The van der Waals surface area contributed by atoms with Crippen LogP contribution in [-0.4, -0.2) is 34.1 Å². The summed E-state index contributed by atoms with van der Waals surface area (Å²) < 4.78 is 12.2. The molecule has 1 aliphatic heterocycles. The molecule has 0 saturated heterocycles. The van der Waals surface area contributed by atoms with E-state index in [1.807, 2.05) is 18.2 Å². The molecule has 1 fully saturated rings. The molecule has 4 rings (SSSR count). The SMILES string of the molecule is COc1cc(/C=C/c2cc(O)c(C/C=C(\C)CCC=C(C)C)c(O)c2)cc2c1O[C@]1(C)CC[C@@H](O)C[C@H]1C2. The van der Waals surface area contributed by atoms with E-state index in [2.05, 4.69) is 45.9 Å². The molecule has 0 spiro atoms. The Bertz CT molecular complexity index is 1230. The van der Waals surface area contributed by atoms with E-state index in [9.17, 15) is 15.3 Å². The van der Waals surface area contributed by atoms with E-state index < -0.39 is 0 Å². The van der Waals surface area contributed by atoms with Gasteiger partial charge in [0, 0.05) is 11.5 Å². The molecule has 3 N–H and O–H groups in total. The van der Waals surface area contributed by atoms with E-state index in [-0.39, 0.29) is 29.1 Å². The zero-order chi connectivity index (χ0) is 27.4. The molecule has 204 valence electrons. The van der Waals surface area contributed by atoms with Crippen molar-refractivity contribution in [2.45, 2.75) is 84.3 Å². The predicted octanol–water partition coefficient (Wildman–Crippen LogP) is 7.37. The summed E-state index contributed by atoms with van der Waals surface area (Å²) in [4.78, 5) is 0. The largest absolute Gasteiger partial charge is 0.507 e. The molecular weight excluding hydrogens is 476 g/mol. The topological polar surface area (TPSA) is 79.2 Å². The van der Waals surface area contributed by atoms with Gasteiger partial charge in [-0.15, -0.1) is 0 Å². The lowest BCUT2D eigenvalue weighted by atomic mass is 9.71. The molecule has 0 amide bonds. The third-order valence-corrected chi connectivity index (χ3v) is 8.01. The standard InChI is InChI=1S/C33H42O5/c1-21(2)7-6-8-22(3)9-12-28-29(35)16-24(17-30(28)36)11-10-23-15-25-19-26-20-27(34)13-14-33(26,4)38-32(25)31(18-23)37-5/h7,9-11,15-18,26-27,34-36H,6,8,12-14,19-20H2,1-5H3/b11-10+,22-9+/t26-,27-,33-/m1/s1. The summed E-state index contributed by atoms with van der Waals surface area (Å²) in [5, 5.41) is 31.5. The Balaban J connectivity index is 1.51. The maximum atomic E-state index is 10.6. The quantitative estimate of drug-likeness (QED) is 0.251. The van der Waals surface area contributed by atoms with Crippen LogP contribution >= 0.6 is 0 Å². The molecule has 1 saturated carbocycles. The van der Waals surface area contributed by atoms with E-state index in [1.165, 1.54) is 11.1 Å². The number of aliphatic hydroxyl groups excluding tert-OH is 1. The highest BCUT2D eigenvalue weighted by molar-refractivity contribution is 5.73. The van der Waals surface area contributed by atoms with Crippen LogP contribution in [0.25, 0.3) is 12.2 Å². The lowest BCUT2D eigenvalue weighted by molar-refractivity contribution is -0.0603. The van der Waals surface area contributed by atoms with Gasteiger partial charge in [-0.25, -0.2) is 0 Å². The number of aliphatic hydroxyl groups is 1. The highest BCUT2D eigenvalue weighted by atomic mass is 16.5. The lowest BCUT2D eigenvalue weighted by Crippen LogP contribution is -2.49. The minimum atomic E-state index is -0.285. The molecule has 5 nitrogen and oxygen atoms in total. The number of hydrogen-bond acceptors (Lipinski definition) is 5. The number of ether oxygens (including phenoxy) is 2. The summed E-state index contributed by atoms with van der Waals surface area (Å²) in [7, 11) is 1.65. The van der Waals surface area contributed by atoms with Crippen LogP contribution in [0.15, 0.2) is 47.6 Å². The number of phenolic OH excluding ortho intramolecular Hbond substituents is 2. The van der Waals surface area contributed by atoms with E-state index in [4.69, 9.17) is 9.47 Å². The number of rotatable bonds is 8. The summed E-state index contributed by atoms with van der Waals surface area (Å²) in [6, 6.07) is 7.43. The monoisotopic (exact) mass is 518 g/mol. The second kappa shape index (κ2) is 11.7. The molecule has 2 aromatic rings. The molecular formula is C33H42O5. The Hall–Kier alpha value is -3.18. The number of aromatic hydroxyl groups is 2. The first-order valence-corrected chi connectivity index (χ1v) is 13.7. The fourth-order valence-corrected chi connectivity index (χ4v) is 5.61. The Morgan fingerprint density at radius 2 is 1.74 bits per heavy atom. The number of fused-ring (bicyclic) bond motifs is 2. The molecule has 0 radical (unpaired) electrons. The smallest absolute Gasteiger partial charge is 0.165 e. The predicted molar refractivity (Wildman–Crippen MR) is 154 cm³/mol. The maximum Gasteiger partial charge on any atom is 0.165 e. The minimum Gasteiger partial charge on any atom is -0.507 e. The van der Waals surface area contributed by atoms with Crippen molar-refractivity contribution < 1.29 is 24.8 Å². The molecule has 1 aliphatic carbocycles. The Morgan fingerprint density at radius 3 is 2.39 bits per heavy atom.